The highest BCUT2D eigenvalue weighted by molar-refractivity contribution is 7.86. The minimum Gasteiger partial charge on any atom is -0.374 e. The molecule has 0 aliphatic carbocycles. The molecule has 0 saturated heterocycles. The van der Waals surface area contributed by atoms with E-state index in [0.29, 0.717) is 0 Å². The monoisotopic (exact) mass is 226 g/mol. The Balaban J connectivity index is 3.90. The van der Waals surface area contributed by atoms with Gasteiger partial charge in [0.1, 0.15) is 11.6 Å². The Morgan fingerprint density at radius 3 is 2.29 bits per heavy atom. The summed E-state index contributed by atoms with van der Waals surface area (Å²) in [5.74, 6) is -0.560. The van der Waals surface area contributed by atoms with Crippen molar-refractivity contribution in [3.05, 3.63) is 0 Å². The van der Waals surface area contributed by atoms with Crippen LogP contribution in [-0.2, 0) is 14.9 Å². The van der Waals surface area contributed by atoms with Crippen LogP contribution < -0.4 is 10.6 Å². The Morgan fingerprint density at radius 1 is 1.43 bits per heavy atom. The van der Waals surface area contributed by atoms with E-state index in [-0.39, 0.29) is 6.54 Å². The molecule has 84 valence electrons. The van der Waals surface area contributed by atoms with Gasteiger partial charge >= 0.3 is 0 Å². The van der Waals surface area contributed by atoms with Gasteiger partial charge in [-0.25, -0.2) is 0 Å². The molecule has 14 heavy (non-hydrogen) atoms. The second kappa shape index (κ2) is 5.25. The first-order valence-corrected chi connectivity index (χ1v) is 5.41. The summed E-state index contributed by atoms with van der Waals surface area (Å²) in [4.78, 5) is 10.9. The van der Waals surface area contributed by atoms with Gasteiger partial charge in [0.25, 0.3) is 10.1 Å². The fourth-order valence-corrected chi connectivity index (χ4v) is 0.920. The zero-order valence-electron chi connectivity index (χ0n) is 7.89. The van der Waals surface area contributed by atoms with Gasteiger partial charge in [0, 0.05) is 0 Å². The topological polar surface area (TPSA) is 116 Å². The number of aliphatic hydroxyl groups excluding tert-OH is 1. The number of hydrogen-bond donors (Lipinski definition) is 4. The lowest BCUT2D eigenvalue weighted by Gasteiger charge is -2.11. The molecule has 0 bridgehead atoms. The number of nitrogens with one attached hydrogen (secondary N) is 2. The zero-order chi connectivity index (χ0) is 11.4. The fraction of sp³-hybridized carbons (Fsp3) is 0.833. The summed E-state index contributed by atoms with van der Waals surface area (Å²) in [5, 5.41) is 11.9. The molecule has 0 rings (SSSR count). The van der Waals surface area contributed by atoms with E-state index in [1.165, 1.54) is 13.8 Å². The molecule has 4 N–H and O–H groups in total. The molecular weight excluding hydrogens is 212 g/mol. The Hall–Kier alpha value is -0.700. The van der Waals surface area contributed by atoms with Crippen LogP contribution in [0, 0.1) is 0 Å². The SMILES string of the molecule is CC(O)NC(=O)CNC(C)S(=O)(=O)O. The summed E-state index contributed by atoms with van der Waals surface area (Å²) in [7, 11) is -4.18. The van der Waals surface area contributed by atoms with Crippen LogP contribution in [0.25, 0.3) is 0 Å². The molecule has 0 aromatic rings. The molecule has 0 heterocycles. The van der Waals surface area contributed by atoms with Gasteiger partial charge in [-0.05, 0) is 13.8 Å². The molecular formula is C6H14N2O5S. The first kappa shape index (κ1) is 13.3. The van der Waals surface area contributed by atoms with Crippen LogP contribution in [0.3, 0.4) is 0 Å². The molecule has 0 aromatic carbocycles. The molecule has 2 unspecified atom stereocenters. The van der Waals surface area contributed by atoms with Gasteiger partial charge in [-0.15, -0.1) is 0 Å². The molecule has 0 saturated carbocycles. The van der Waals surface area contributed by atoms with Gasteiger partial charge in [0.2, 0.25) is 5.91 Å². The maximum Gasteiger partial charge on any atom is 0.280 e. The highest BCUT2D eigenvalue weighted by Gasteiger charge is 2.17. The molecule has 0 aromatic heterocycles. The van der Waals surface area contributed by atoms with Gasteiger partial charge < -0.3 is 10.4 Å². The van der Waals surface area contributed by atoms with Gasteiger partial charge in [-0.1, -0.05) is 0 Å². The maximum absolute atomic E-state index is 10.9. The summed E-state index contributed by atoms with van der Waals surface area (Å²) in [6.07, 6.45) is -0.995. The average Bonchev–Trinajstić information content (AvgIpc) is 1.96. The van der Waals surface area contributed by atoms with Crippen molar-refractivity contribution in [1.82, 2.24) is 10.6 Å². The van der Waals surface area contributed by atoms with Gasteiger partial charge in [-0.3, -0.25) is 14.7 Å². The lowest BCUT2D eigenvalue weighted by Crippen LogP contribution is -2.43. The van der Waals surface area contributed by atoms with Crippen molar-refractivity contribution in [3.8, 4) is 0 Å². The third-order valence-corrected chi connectivity index (χ3v) is 2.43. The van der Waals surface area contributed by atoms with Crippen LogP contribution in [0.2, 0.25) is 0 Å². The molecule has 0 spiro atoms. The summed E-state index contributed by atoms with van der Waals surface area (Å²) >= 11 is 0. The van der Waals surface area contributed by atoms with Crippen molar-refractivity contribution in [2.24, 2.45) is 0 Å². The Bertz CT molecular complexity index is 287. The summed E-state index contributed by atoms with van der Waals surface area (Å²) < 4.78 is 29.5. The number of amides is 1. The fourth-order valence-electron chi connectivity index (χ4n) is 0.626. The van der Waals surface area contributed by atoms with Crippen molar-refractivity contribution in [2.45, 2.75) is 25.4 Å². The second-order valence-corrected chi connectivity index (χ2v) is 4.52. The van der Waals surface area contributed by atoms with Crippen LogP contribution in [0.4, 0.5) is 0 Å². The number of carbonyl (C=O) groups excluding carboxylic acids is 1. The Kier molecular flexibility index (Phi) is 4.99. The van der Waals surface area contributed by atoms with Gasteiger partial charge in [-0.2, -0.15) is 8.42 Å². The Labute approximate surface area is 82.2 Å². The van der Waals surface area contributed by atoms with E-state index in [4.69, 9.17) is 9.66 Å². The molecule has 7 nitrogen and oxygen atoms in total. The normalized spacial score (nSPS) is 16.0. The van der Waals surface area contributed by atoms with E-state index in [1.54, 1.807) is 0 Å². The molecule has 0 fully saturated rings. The van der Waals surface area contributed by atoms with Crippen molar-refractivity contribution < 1.29 is 22.9 Å². The van der Waals surface area contributed by atoms with E-state index in [2.05, 4.69) is 10.6 Å². The largest absolute Gasteiger partial charge is 0.374 e. The van der Waals surface area contributed by atoms with E-state index in [0.717, 1.165) is 0 Å². The van der Waals surface area contributed by atoms with E-state index >= 15 is 0 Å². The van der Waals surface area contributed by atoms with E-state index < -0.39 is 27.6 Å². The van der Waals surface area contributed by atoms with Crippen molar-refractivity contribution >= 4 is 16.0 Å². The number of aliphatic hydroxyl groups is 1. The second-order valence-electron chi connectivity index (χ2n) is 2.78. The van der Waals surface area contributed by atoms with Gasteiger partial charge in [0.15, 0.2) is 0 Å². The summed E-state index contributed by atoms with van der Waals surface area (Å²) in [6.45, 7) is 2.25. The summed E-state index contributed by atoms with van der Waals surface area (Å²) in [6, 6.07) is 0. The van der Waals surface area contributed by atoms with E-state index in [9.17, 15) is 13.2 Å². The maximum atomic E-state index is 10.9. The quantitative estimate of drug-likeness (QED) is 0.327. The molecule has 8 heteroatoms. The summed E-state index contributed by atoms with van der Waals surface area (Å²) in [5.41, 5.74) is 0. The van der Waals surface area contributed by atoms with Gasteiger partial charge in [0.05, 0.1) is 6.54 Å². The third-order valence-electron chi connectivity index (χ3n) is 1.37. The minimum atomic E-state index is -4.18. The van der Waals surface area contributed by atoms with Crippen molar-refractivity contribution in [3.63, 3.8) is 0 Å². The van der Waals surface area contributed by atoms with Crippen LogP contribution in [0.1, 0.15) is 13.8 Å². The molecule has 0 aliphatic rings. The van der Waals surface area contributed by atoms with Crippen molar-refractivity contribution in [1.29, 1.82) is 0 Å². The molecule has 0 radical (unpaired) electrons. The first-order chi connectivity index (χ1) is 6.23. The number of hydrogen-bond acceptors (Lipinski definition) is 5. The number of carbonyl (C=O) groups is 1. The average molecular weight is 226 g/mol. The van der Waals surface area contributed by atoms with Crippen molar-refractivity contribution in [2.75, 3.05) is 6.54 Å². The predicted molar refractivity (Wildman–Crippen MR) is 48.8 cm³/mol. The first-order valence-electron chi connectivity index (χ1n) is 3.90. The van der Waals surface area contributed by atoms with Crippen LogP contribution in [-0.4, -0.2) is 42.1 Å². The van der Waals surface area contributed by atoms with Crippen LogP contribution in [0.15, 0.2) is 0 Å². The molecule has 0 aliphatic heterocycles. The minimum absolute atomic E-state index is 0.300. The van der Waals surface area contributed by atoms with Crippen LogP contribution >= 0.6 is 0 Å². The predicted octanol–water partition coefficient (Wildman–Crippen LogP) is -1.74. The lowest BCUT2D eigenvalue weighted by atomic mass is 10.5. The number of rotatable bonds is 5. The standard InChI is InChI=1S/C6H14N2O5S/c1-4(9)8-6(10)3-7-5(2)14(11,12)13/h4-5,7,9H,3H2,1-2H3,(H,8,10)(H,11,12,13). The highest BCUT2D eigenvalue weighted by Crippen LogP contribution is 1.91. The van der Waals surface area contributed by atoms with Crippen LogP contribution in [0.5, 0.6) is 0 Å². The molecule has 1 amide bonds. The third kappa shape index (κ3) is 5.86. The van der Waals surface area contributed by atoms with E-state index in [1.807, 2.05) is 0 Å². The molecule has 2 atom stereocenters. The smallest absolute Gasteiger partial charge is 0.280 e. The Morgan fingerprint density at radius 2 is 1.93 bits per heavy atom. The highest BCUT2D eigenvalue weighted by atomic mass is 32.2. The zero-order valence-corrected chi connectivity index (χ0v) is 8.71. The lowest BCUT2D eigenvalue weighted by molar-refractivity contribution is -0.122.